The number of alkyl carbamates (subject to hydrolysis) is 1. The van der Waals surface area contributed by atoms with Crippen LogP contribution in [0.5, 0.6) is 0 Å². The average molecular weight is 607 g/mol. The molecule has 0 bridgehead atoms. The summed E-state index contributed by atoms with van der Waals surface area (Å²) in [5, 5.41) is 15.1. The molecule has 2 aromatic carbocycles. The molecule has 2 aliphatic rings. The van der Waals surface area contributed by atoms with Gasteiger partial charge in [0, 0.05) is 19.0 Å². The lowest BCUT2D eigenvalue weighted by Crippen LogP contribution is -2.58. The van der Waals surface area contributed by atoms with Gasteiger partial charge in [-0.25, -0.2) is 9.59 Å². The van der Waals surface area contributed by atoms with E-state index >= 15 is 0 Å². The van der Waals surface area contributed by atoms with Crippen LogP contribution in [0.1, 0.15) is 70.4 Å². The summed E-state index contributed by atoms with van der Waals surface area (Å²) >= 11 is 0. The first-order valence-electron chi connectivity index (χ1n) is 15.1. The third kappa shape index (κ3) is 7.75. The van der Waals surface area contributed by atoms with E-state index in [9.17, 15) is 29.1 Å². The van der Waals surface area contributed by atoms with Crippen molar-refractivity contribution in [1.29, 1.82) is 0 Å². The van der Waals surface area contributed by atoms with E-state index < -0.39 is 59.6 Å². The van der Waals surface area contributed by atoms with Crippen LogP contribution in [0.15, 0.2) is 60.7 Å². The van der Waals surface area contributed by atoms with Gasteiger partial charge in [-0.05, 0) is 64.5 Å². The van der Waals surface area contributed by atoms with Gasteiger partial charge < -0.3 is 30.3 Å². The smallest absolute Gasteiger partial charge is 0.408 e. The quantitative estimate of drug-likeness (QED) is 0.397. The molecule has 2 saturated heterocycles. The maximum Gasteiger partial charge on any atom is 0.408 e. The minimum Gasteiger partial charge on any atom is -0.480 e. The third-order valence-corrected chi connectivity index (χ3v) is 7.98. The minimum absolute atomic E-state index is 0.317. The van der Waals surface area contributed by atoms with Crippen LogP contribution in [0.4, 0.5) is 4.79 Å². The van der Waals surface area contributed by atoms with Gasteiger partial charge >= 0.3 is 12.1 Å². The average Bonchev–Trinajstić information content (AvgIpc) is 3.67. The van der Waals surface area contributed by atoms with Crippen molar-refractivity contribution in [2.45, 2.75) is 89.1 Å². The maximum absolute atomic E-state index is 14.0. The fraction of sp³-hybridized carbons (Fsp3) is 0.485. The number of likely N-dealkylation sites (tertiary alicyclic amines) is 2. The van der Waals surface area contributed by atoms with Crippen molar-refractivity contribution in [2.75, 3.05) is 13.1 Å². The molecule has 0 aliphatic carbocycles. The van der Waals surface area contributed by atoms with Crippen molar-refractivity contribution in [1.82, 2.24) is 20.4 Å². The van der Waals surface area contributed by atoms with Crippen LogP contribution in [0.2, 0.25) is 0 Å². The maximum atomic E-state index is 14.0. The molecule has 4 rings (SSSR count). The normalized spacial score (nSPS) is 19.8. The number of amides is 4. The molecule has 0 spiro atoms. The third-order valence-electron chi connectivity index (χ3n) is 7.98. The molecule has 4 amide bonds. The number of benzene rings is 2. The topological polar surface area (TPSA) is 145 Å². The van der Waals surface area contributed by atoms with Crippen molar-refractivity contribution in [2.24, 2.45) is 0 Å². The van der Waals surface area contributed by atoms with Crippen LogP contribution < -0.4 is 10.6 Å². The highest BCUT2D eigenvalue weighted by molar-refractivity contribution is 5.95. The molecular formula is C33H42N4O7. The Balaban J connectivity index is 1.57. The lowest BCUT2D eigenvalue weighted by molar-refractivity contribution is -0.152. The second kappa shape index (κ2) is 13.9. The van der Waals surface area contributed by atoms with Gasteiger partial charge in [0.2, 0.25) is 17.7 Å². The highest BCUT2D eigenvalue weighted by atomic mass is 16.6. The first-order valence-corrected chi connectivity index (χ1v) is 15.1. The predicted octanol–water partition coefficient (Wildman–Crippen LogP) is 3.28. The van der Waals surface area contributed by atoms with E-state index in [-0.39, 0.29) is 5.91 Å². The first-order chi connectivity index (χ1) is 20.9. The zero-order chi connectivity index (χ0) is 32.0. The van der Waals surface area contributed by atoms with Crippen LogP contribution >= 0.6 is 0 Å². The van der Waals surface area contributed by atoms with Crippen LogP contribution in [0, 0.1) is 0 Å². The summed E-state index contributed by atoms with van der Waals surface area (Å²) in [6.07, 6.45) is 1.19. The van der Waals surface area contributed by atoms with Crippen molar-refractivity contribution in [3.63, 3.8) is 0 Å². The van der Waals surface area contributed by atoms with Gasteiger partial charge in [0.15, 0.2) is 0 Å². The Morgan fingerprint density at radius 2 is 1.34 bits per heavy atom. The van der Waals surface area contributed by atoms with Crippen LogP contribution in [-0.2, 0) is 23.9 Å². The van der Waals surface area contributed by atoms with Crippen molar-refractivity contribution < 1.29 is 33.8 Å². The summed E-state index contributed by atoms with van der Waals surface area (Å²) in [6.45, 7) is 7.37. The molecule has 11 heteroatoms. The molecule has 2 fully saturated rings. The number of aliphatic carboxylic acids is 1. The molecule has 2 aromatic rings. The first kappa shape index (κ1) is 32.5. The number of carbonyl (C=O) groups excluding carboxylic acids is 4. The van der Waals surface area contributed by atoms with E-state index in [1.165, 1.54) is 9.80 Å². The van der Waals surface area contributed by atoms with E-state index in [2.05, 4.69) is 10.6 Å². The van der Waals surface area contributed by atoms with Crippen molar-refractivity contribution >= 4 is 29.8 Å². The molecule has 236 valence electrons. The summed E-state index contributed by atoms with van der Waals surface area (Å²) in [5.41, 5.74) is 0.741. The largest absolute Gasteiger partial charge is 0.480 e. The van der Waals surface area contributed by atoms with E-state index in [0.29, 0.717) is 38.8 Å². The number of ether oxygens (including phenoxy) is 1. The standard InChI is InChI=1S/C33H42N4O7/c1-21(29(39)36-19-11-17-24(36)30(40)37-20-12-18-25(37)31(41)42)34-28(38)27(35-32(43)44-33(2,3)4)26(22-13-7-5-8-14-22)23-15-9-6-10-16-23/h5-10,13-16,21,24-27H,11-12,17-20H2,1-4H3,(H,34,38)(H,35,43)(H,41,42)/t21-,24-,25-,27-/m0/s1. The van der Waals surface area contributed by atoms with Gasteiger partial charge in [-0.15, -0.1) is 0 Å². The fourth-order valence-corrected chi connectivity index (χ4v) is 6.01. The van der Waals surface area contributed by atoms with Crippen molar-refractivity contribution in [3.05, 3.63) is 71.8 Å². The van der Waals surface area contributed by atoms with Crippen molar-refractivity contribution in [3.8, 4) is 0 Å². The minimum atomic E-state index is -1.15. The lowest BCUT2D eigenvalue weighted by Gasteiger charge is -2.33. The number of hydrogen-bond donors (Lipinski definition) is 3. The molecule has 0 aromatic heterocycles. The summed E-state index contributed by atoms with van der Waals surface area (Å²) in [4.78, 5) is 68.6. The number of rotatable bonds is 9. The van der Waals surface area contributed by atoms with Crippen LogP contribution in [-0.4, -0.2) is 87.5 Å². The molecule has 4 atom stereocenters. The number of carboxylic acid groups (broad SMARTS) is 1. The van der Waals surface area contributed by atoms with E-state index in [1.807, 2.05) is 60.7 Å². The fourth-order valence-electron chi connectivity index (χ4n) is 6.01. The monoisotopic (exact) mass is 606 g/mol. The molecular weight excluding hydrogens is 564 g/mol. The summed E-state index contributed by atoms with van der Waals surface area (Å²) in [5.74, 6) is -3.09. The van der Waals surface area contributed by atoms with E-state index in [1.54, 1.807) is 27.7 Å². The zero-order valence-electron chi connectivity index (χ0n) is 25.7. The lowest BCUT2D eigenvalue weighted by atomic mass is 9.84. The zero-order valence-corrected chi connectivity index (χ0v) is 25.7. The van der Waals surface area contributed by atoms with Gasteiger partial charge in [-0.2, -0.15) is 0 Å². The second-order valence-corrected chi connectivity index (χ2v) is 12.4. The number of carboxylic acids is 1. The van der Waals surface area contributed by atoms with Gasteiger partial charge in [-0.1, -0.05) is 60.7 Å². The number of nitrogens with zero attached hydrogens (tertiary/aromatic N) is 2. The second-order valence-electron chi connectivity index (χ2n) is 12.4. The summed E-state index contributed by atoms with van der Waals surface area (Å²) in [6, 6.07) is 14.7. The van der Waals surface area contributed by atoms with E-state index in [0.717, 1.165) is 11.1 Å². The van der Waals surface area contributed by atoms with Gasteiger partial charge in [0.05, 0.1) is 0 Å². The Kier molecular flexibility index (Phi) is 10.3. The molecule has 3 N–H and O–H groups in total. The SMILES string of the molecule is C[C@H](NC(=O)[C@@H](NC(=O)OC(C)(C)C)C(c1ccccc1)c1ccccc1)C(=O)N1CCC[C@H]1C(=O)N1CCC[C@H]1C(=O)O. The Bertz CT molecular complexity index is 1310. The Morgan fingerprint density at radius 1 is 0.818 bits per heavy atom. The highest BCUT2D eigenvalue weighted by Gasteiger charge is 2.43. The van der Waals surface area contributed by atoms with Crippen LogP contribution in [0.3, 0.4) is 0 Å². The molecule has 0 saturated carbocycles. The molecule has 2 heterocycles. The molecule has 2 aliphatic heterocycles. The number of nitrogens with one attached hydrogen (secondary N) is 2. The number of carbonyl (C=O) groups is 5. The summed E-state index contributed by atoms with van der Waals surface area (Å²) < 4.78 is 5.50. The highest BCUT2D eigenvalue weighted by Crippen LogP contribution is 2.30. The Hall–Kier alpha value is -4.41. The Labute approximate surface area is 257 Å². The van der Waals surface area contributed by atoms with Crippen LogP contribution in [0.25, 0.3) is 0 Å². The predicted molar refractivity (Wildman–Crippen MR) is 163 cm³/mol. The summed E-state index contributed by atoms with van der Waals surface area (Å²) in [7, 11) is 0. The molecule has 0 unspecified atom stereocenters. The van der Waals surface area contributed by atoms with Gasteiger partial charge in [-0.3, -0.25) is 14.4 Å². The number of hydrogen-bond acceptors (Lipinski definition) is 6. The van der Waals surface area contributed by atoms with Gasteiger partial charge in [0.1, 0.15) is 29.8 Å². The Morgan fingerprint density at radius 3 is 1.86 bits per heavy atom. The van der Waals surface area contributed by atoms with Gasteiger partial charge in [0.25, 0.3) is 0 Å². The molecule has 11 nitrogen and oxygen atoms in total. The molecule has 44 heavy (non-hydrogen) atoms. The molecule has 0 radical (unpaired) electrons. The van der Waals surface area contributed by atoms with E-state index in [4.69, 9.17) is 4.74 Å².